The first-order valence-corrected chi connectivity index (χ1v) is 7.07. The molecule has 9 heavy (non-hydrogen) atoms. The van der Waals surface area contributed by atoms with E-state index in [1.54, 1.807) is 0 Å². The Hall–Kier alpha value is 0.668. The van der Waals surface area contributed by atoms with Gasteiger partial charge in [-0.1, -0.05) is 0 Å². The monoisotopic (exact) mass is 226 g/mol. The van der Waals surface area contributed by atoms with Gasteiger partial charge in [0.15, 0.2) is 0 Å². The molecule has 4 heteroatoms. The first-order chi connectivity index (χ1) is 4.18. The molecule has 0 aromatic heterocycles. The molecule has 0 rings (SSSR count). The molecule has 0 heterocycles. The SMILES string of the molecule is CCOC(=S)[S-].C[As+]C. The van der Waals surface area contributed by atoms with Crippen LogP contribution in [0.4, 0.5) is 0 Å². The van der Waals surface area contributed by atoms with Crippen molar-refractivity contribution in [2.75, 3.05) is 6.61 Å². The van der Waals surface area contributed by atoms with E-state index >= 15 is 0 Å². The average molecular weight is 226 g/mol. The molecule has 0 spiro atoms. The van der Waals surface area contributed by atoms with Crippen LogP contribution < -0.4 is 0 Å². The van der Waals surface area contributed by atoms with Crippen LogP contribution in [0.25, 0.3) is 0 Å². The molecule has 0 aromatic carbocycles. The van der Waals surface area contributed by atoms with Gasteiger partial charge < -0.3 is 29.6 Å². The molecular weight excluding hydrogens is 215 g/mol. The second-order valence-corrected chi connectivity index (χ2v) is 4.01. The van der Waals surface area contributed by atoms with Crippen LogP contribution in [-0.2, 0) is 17.4 Å². The van der Waals surface area contributed by atoms with Crippen LogP contribution in [0.2, 0.25) is 11.4 Å². The average Bonchev–Trinajstić information content (AvgIpc) is 1.67. The van der Waals surface area contributed by atoms with Crippen molar-refractivity contribution in [1.29, 1.82) is 0 Å². The van der Waals surface area contributed by atoms with Crippen molar-refractivity contribution in [2.45, 2.75) is 18.3 Å². The van der Waals surface area contributed by atoms with Gasteiger partial charge in [-0.3, -0.25) is 0 Å². The Bertz CT molecular complexity index is 68.0. The first kappa shape index (κ1) is 12.4. The van der Waals surface area contributed by atoms with E-state index < -0.39 is 0 Å². The third-order valence-electron chi connectivity index (χ3n) is 0.262. The normalized spacial score (nSPS) is 7.00. The van der Waals surface area contributed by atoms with Crippen molar-refractivity contribution in [2.24, 2.45) is 0 Å². The van der Waals surface area contributed by atoms with E-state index in [1.807, 2.05) is 6.92 Å². The molecule has 0 saturated heterocycles. The molecule has 0 N–H and O–H groups in total. The quantitative estimate of drug-likeness (QED) is 0.382. The van der Waals surface area contributed by atoms with Gasteiger partial charge in [-0.2, -0.15) is 0 Å². The number of hydrogen-bond acceptors (Lipinski definition) is 3. The van der Waals surface area contributed by atoms with Crippen LogP contribution in [-0.4, -0.2) is 26.7 Å². The summed E-state index contributed by atoms with van der Waals surface area (Å²) in [7, 11) is 0. The van der Waals surface area contributed by atoms with E-state index in [0.29, 0.717) is 22.4 Å². The molecule has 0 atom stereocenters. The maximum absolute atomic E-state index is 4.59. The molecule has 2 radical (unpaired) electrons. The zero-order chi connectivity index (χ0) is 7.70. The summed E-state index contributed by atoms with van der Waals surface area (Å²) in [5.41, 5.74) is 4.44. The van der Waals surface area contributed by atoms with Crippen molar-refractivity contribution in [3.63, 3.8) is 0 Å². The number of rotatable bonds is 1. The molecule has 0 aliphatic heterocycles. The molecule has 0 amide bonds. The van der Waals surface area contributed by atoms with Crippen LogP contribution in [0.15, 0.2) is 0 Å². The molecule has 0 saturated carbocycles. The van der Waals surface area contributed by atoms with Gasteiger partial charge in [-0.05, 0) is 6.92 Å². The fourth-order valence-electron chi connectivity index (χ4n) is 0.118. The molecule has 54 valence electrons. The third kappa shape index (κ3) is 28.6. The van der Waals surface area contributed by atoms with E-state index in [-0.39, 0.29) is 4.38 Å². The van der Waals surface area contributed by atoms with Gasteiger partial charge in [-0.15, -0.1) is 0 Å². The molecule has 0 aromatic rings. The summed E-state index contributed by atoms with van der Waals surface area (Å²) in [6.45, 7) is 2.43. The van der Waals surface area contributed by atoms with Crippen LogP contribution in [0.5, 0.6) is 0 Å². The number of thiocarbonyl (C=S) groups is 1. The summed E-state index contributed by atoms with van der Waals surface area (Å²) in [4.78, 5) is 0. The molecule has 0 fully saturated rings. The van der Waals surface area contributed by atoms with Crippen LogP contribution >= 0.6 is 12.2 Å². The minimum absolute atomic E-state index is 0.206. The maximum atomic E-state index is 4.59. The Morgan fingerprint density at radius 3 is 2.00 bits per heavy atom. The Balaban J connectivity index is 0. The zero-order valence-corrected chi connectivity index (χ0v) is 9.39. The second-order valence-electron chi connectivity index (χ2n) is 1.13. The standard InChI is InChI=1S/C3H6OS2.C2H6As/c1-2-4-3(5)6;1-3-2/h2H2,1H3,(H,5,6);1-2H3/q;+1/p-1. The molecule has 0 aliphatic rings. The topological polar surface area (TPSA) is 9.23 Å². The van der Waals surface area contributed by atoms with Crippen LogP contribution in [0.1, 0.15) is 6.92 Å². The summed E-state index contributed by atoms with van der Waals surface area (Å²) in [5.74, 6) is 0. The van der Waals surface area contributed by atoms with Gasteiger partial charge in [0.1, 0.15) is 0 Å². The minimum atomic E-state index is 0.206. The predicted molar refractivity (Wildman–Crippen MR) is 49.1 cm³/mol. The third-order valence-corrected chi connectivity index (χ3v) is 0.498. The fourth-order valence-corrected chi connectivity index (χ4v) is 0.354. The number of ether oxygens (including phenoxy) is 1. The van der Waals surface area contributed by atoms with E-state index in [0.717, 1.165) is 0 Å². The Labute approximate surface area is 74.6 Å². The summed E-state index contributed by atoms with van der Waals surface area (Å²) in [5, 5.41) is 0. The van der Waals surface area contributed by atoms with Crippen molar-refractivity contribution >= 4 is 45.0 Å². The molecular formula is C5H11AsOS2. The van der Waals surface area contributed by atoms with E-state index in [4.69, 9.17) is 0 Å². The first-order valence-electron chi connectivity index (χ1n) is 2.50. The fraction of sp³-hybridized carbons (Fsp3) is 0.800. The van der Waals surface area contributed by atoms with Gasteiger partial charge >= 0.3 is 27.2 Å². The number of hydrogen-bond donors (Lipinski definition) is 0. The van der Waals surface area contributed by atoms with Crippen LogP contribution in [0.3, 0.4) is 0 Å². The Kier molecular flexibility index (Phi) is 15.7. The van der Waals surface area contributed by atoms with Crippen molar-refractivity contribution in [3.8, 4) is 0 Å². The second kappa shape index (κ2) is 11.5. The zero-order valence-electron chi connectivity index (χ0n) is 5.88. The molecule has 1 nitrogen and oxygen atoms in total. The molecule has 0 bridgehead atoms. The summed E-state index contributed by atoms with van der Waals surface area (Å²) in [6, 6.07) is 0. The van der Waals surface area contributed by atoms with Gasteiger partial charge in [0.05, 0.1) is 6.61 Å². The van der Waals surface area contributed by atoms with Gasteiger partial charge in [0.2, 0.25) is 0 Å². The Morgan fingerprint density at radius 1 is 1.67 bits per heavy atom. The summed E-state index contributed by atoms with van der Waals surface area (Å²) >= 11 is 9.46. The van der Waals surface area contributed by atoms with E-state index in [2.05, 4.69) is 41.0 Å². The van der Waals surface area contributed by atoms with Crippen molar-refractivity contribution < 1.29 is 4.74 Å². The molecule has 0 aliphatic carbocycles. The van der Waals surface area contributed by atoms with Gasteiger partial charge in [-0.25, -0.2) is 0 Å². The van der Waals surface area contributed by atoms with Gasteiger partial charge in [0.25, 0.3) is 0 Å². The predicted octanol–water partition coefficient (Wildman–Crippen LogP) is 1.64. The Morgan fingerprint density at radius 2 is 2.00 bits per heavy atom. The van der Waals surface area contributed by atoms with E-state index in [9.17, 15) is 0 Å². The van der Waals surface area contributed by atoms with Crippen LogP contribution in [0, 0.1) is 0 Å². The summed E-state index contributed by atoms with van der Waals surface area (Å²) < 4.78 is 4.79. The van der Waals surface area contributed by atoms with Crippen molar-refractivity contribution in [1.82, 2.24) is 0 Å². The molecule has 0 unspecified atom stereocenters. The van der Waals surface area contributed by atoms with Crippen molar-refractivity contribution in [3.05, 3.63) is 0 Å². The van der Waals surface area contributed by atoms with E-state index in [1.165, 1.54) is 0 Å². The summed E-state index contributed by atoms with van der Waals surface area (Å²) in [6.07, 6.45) is 0. The van der Waals surface area contributed by atoms with Gasteiger partial charge in [0, 0.05) is 4.38 Å².